The molecule has 3 rings (SSSR count). The number of sulfonamides is 1. The third-order valence-electron chi connectivity index (χ3n) is 4.41. The third-order valence-corrected chi connectivity index (χ3v) is 6.33. The van der Waals surface area contributed by atoms with Gasteiger partial charge in [-0.15, -0.1) is 0 Å². The lowest BCUT2D eigenvalue weighted by Crippen LogP contribution is -2.46. The first-order valence-electron chi connectivity index (χ1n) is 8.79. The number of hydrogen-bond acceptors (Lipinski definition) is 6. The number of aryl methyl sites for hydroxylation is 2. The molecule has 1 aliphatic rings. The van der Waals surface area contributed by atoms with E-state index in [4.69, 9.17) is 4.74 Å². The van der Waals surface area contributed by atoms with Crippen molar-refractivity contribution < 1.29 is 13.2 Å². The minimum Gasteiger partial charge on any atom is -0.758 e. The van der Waals surface area contributed by atoms with Crippen molar-refractivity contribution in [3.63, 3.8) is 0 Å². The topological polar surface area (TPSA) is 84.9 Å². The van der Waals surface area contributed by atoms with Gasteiger partial charge in [-0.1, -0.05) is 6.07 Å². The highest BCUT2D eigenvalue weighted by Crippen LogP contribution is 2.34. The average Bonchev–Trinajstić information content (AvgIpc) is 2.61. The number of hydrogen-bond donors (Lipinski definition) is 1. The van der Waals surface area contributed by atoms with Crippen LogP contribution < -0.4 is 15.1 Å². The van der Waals surface area contributed by atoms with Crippen LogP contribution in [0.2, 0.25) is 0 Å². The molecule has 2 aromatic rings. The Morgan fingerprint density at radius 3 is 2.30 bits per heavy atom. The summed E-state index contributed by atoms with van der Waals surface area (Å²) in [5, 5.41) is 15.5. The van der Waals surface area contributed by atoms with Crippen LogP contribution in [0.3, 0.4) is 0 Å². The molecule has 1 fully saturated rings. The Morgan fingerprint density at radius 2 is 1.70 bits per heavy atom. The Hall–Kier alpha value is -2.13. The summed E-state index contributed by atoms with van der Waals surface area (Å²) in [5.41, 5.74) is 2.30. The van der Waals surface area contributed by atoms with Gasteiger partial charge in [0.1, 0.15) is 16.4 Å². The van der Waals surface area contributed by atoms with Gasteiger partial charge in [0.05, 0.1) is 0 Å². The zero-order chi connectivity index (χ0) is 19.6. The summed E-state index contributed by atoms with van der Waals surface area (Å²) in [7, 11) is -2.45. The second kappa shape index (κ2) is 7.85. The summed E-state index contributed by atoms with van der Waals surface area (Å²) in [6.07, 6.45) is 0. The van der Waals surface area contributed by atoms with Crippen LogP contribution in [-0.2, 0) is 10.0 Å². The fourth-order valence-corrected chi connectivity index (χ4v) is 4.70. The van der Waals surface area contributed by atoms with Gasteiger partial charge in [0.2, 0.25) is 10.0 Å². The Kier molecular flexibility index (Phi) is 5.71. The van der Waals surface area contributed by atoms with E-state index in [1.165, 1.54) is 23.5 Å². The van der Waals surface area contributed by atoms with E-state index >= 15 is 0 Å². The molecule has 0 amide bonds. The SMILES string of the molecule is Cc1cc(C)cc(Oc2ccc(N(C)[O-])cc2S(=O)(=O)N2CCNCC2)c1. The monoisotopic (exact) mass is 390 g/mol. The van der Waals surface area contributed by atoms with E-state index in [1.807, 2.05) is 32.0 Å². The third kappa shape index (κ3) is 4.41. The van der Waals surface area contributed by atoms with Gasteiger partial charge in [-0.25, -0.2) is 8.42 Å². The normalized spacial score (nSPS) is 15.6. The molecule has 0 unspecified atom stereocenters. The van der Waals surface area contributed by atoms with Crippen molar-refractivity contribution in [2.75, 3.05) is 38.3 Å². The van der Waals surface area contributed by atoms with E-state index in [1.54, 1.807) is 6.07 Å². The van der Waals surface area contributed by atoms with E-state index in [0.717, 1.165) is 11.1 Å². The maximum atomic E-state index is 13.2. The smallest absolute Gasteiger partial charge is 0.246 e. The van der Waals surface area contributed by atoms with Crippen LogP contribution in [0.15, 0.2) is 41.3 Å². The van der Waals surface area contributed by atoms with Gasteiger partial charge in [0.25, 0.3) is 0 Å². The van der Waals surface area contributed by atoms with Gasteiger partial charge < -0.3 is 20.3 Å². The number of rotatable bonds is 5. The molecule has 0 bridgehead atoms. The van der Waals surface area contributed by atoms with Crippen molar-refractivity contribution in [2.24, 2.45) is 0 Å². The van der Waals surface area contributed by atoms with Gasteiger partial charge >= 0.3 is 0 Å². The van der Waals surface area contributed by atoms with Gasteiger partial charge in [0.15, 0.2) is 0 Å². The summed E-state index contributed by atoms with van der Waals surface area (Å²) < 4.78 is 33.8. The van der Waals surface area contributed by atoms with Crippen LogP contribution in [0.1, 0.15) is 11.1 Å². The molecule has 0 aliphatic carbocycles. The predicted molar refractivity (Wildman–Crippen MR) is 106 cm³/mol. The summed E-state index contributed by atoms with van der Waals surface area (Å²) in [4.78, 5) is 0.00348. The maximum Gasteiger partial charge on any atom is 0.246 e. The highest BCUT2D eigenvalue weighted by Gasteiger charge is 2.29. The van der Waals surface area contributed by atoms with Crippen molar-refractivity contribution in [2.45, 2.75) is 18.7 Å². The Morgan fingerprint density at radius 1 is 1.07 bits per heavy atom. The van der Waals surface area contributed by atoms with Crippen molar-refractivity contribution in [3.05, 3.63) is 52.7 Å². The van der Waals surface area contributed by atoms with Gasteiger partial charge in [-0.05, 0) is 62.4 Å². The summed E-state index contributed by atoms with van der Waals surface area (Å²) in [6, 6.07) is 10.2. The number of ether oxygens (including phenoxy) is 1. The second-order valence-electron chi connectivity index (χ2n) is 6.71. The molecule has 7 nitrogen and oxygen atoms in total. The largest absolute Gasteiger partial charge is 0.758 e. The molecule has 1 aliphatic heterocycles. The van der Waals surface area contributed by atoms with Crippen LogP contribution in [0.5, 0.6) is 11.5 Å². The number of anilines is 1. The number of hydroxylamine groups is 1. The van der Waals surface area contributed by atoms with E-state index in [-0.39, 0.29) is 16.3 Å². The molecule has 2 aromatic carbocycles. The number of benzene rings is 2. The predicted octanol–water partition coefficient (Wildman–Crippen LogP) is 2.62. The van der Waals surface area contributed by atoms with Crippen LogP contribution in [0, 0.1) is 19.1 Å². The number of nitrogens with one attached hydrogen (secondary N) is 1. The Bertz CT molecular complexity index is 902. The van der Waals surface area contributed by atoms with Crippen molar-refractivity contribution in [1.29, 1.82) is 0 Å². The Balaban J connectivity index is 2.05. The fourth-order valence-electron chi connectivity index (χ4n) is 3.12. The van der Waals surface area contributed by atoms with Crippen LogP contribution in [0.4, 0.5) is 5.69 Å². The zero-order valence-corrected chi connectivity index (χ0v) is 16.5. The second-order valence-corrected chi connectivity index (χ2v) is 8.61. The first-order chi connectivity index (χ1) is 12.8. The van der Waals surface area contributed by atoms with E-state index in [0.29, 0.717) is 37.0 Å². The summed E-state index contributed by atoms with van der Waals surface area (Å²) in [6.45, 7) is 5.84. The highest BCUT2D eigenvalue weighted by molar-refractivity contribution is 7.89. The van der Waals surface area contributed by atoms with Crippen LogP contribution >= 0.6 is 0 Å². The van der Waals surface area contributed by atoms with Crippen molar-refractivity contribution in [1.82, 2.24) is 9.62 Å². The molecule has 0 atom stereocenters. The van der Waals surface area contributed by atoms with Crippen LogP contribution in [-0.4, -0.2) is 45.9 Å². The lowest BCUT2D eigenvalue weighted by Gasteiger charge is -2.29. The van der Waals surface area contributed by atoms with E-state index in [2.05, 4.69) is 5.32 Å². The number of nitrogens with zero attached hydrogens (tertiary/aromatic N) is 2. The molecule has 0 radical (unpaired) electrons. The molecule has 1 N–H and O–H groups in total. The number of piperazine rings is 1. The maximum absolute atomic E-state index is 13.2. The average molecular weight is 390 g/mol. The quantitative estimate of drug-likeness (QED) is 0.790. The Labute approximate surface area is 160 Å². The molecule has 0 aromatic heterocycles. The molecule has 8 heteroatoms. The molecule has 146 valence electrons. The molecule has 1 heterocycles. The van der Waals surface area contributed by atoms with Gasteiger partial charge in [0, 0.05) is 31.9 Å². The van der Waals surface area contributed by atoms with E-state index in [9.17, 15) is 13.6 Å². The molecule has 0 saturated carbocycles. The molecular formula is C19H24N3O4S-. The lowest BCUT2D eigenvalue weighted by molar-refractivity contribution is 0.358. The van der Waals surface area contributed by atoms with Gasteiger partial charge in [-0.2, -0.15) is 4.31 Å². The first-order valence-corrected chi connectivity index (χ1v) is 10.2. The van der Waals surface area contributed by atoms with Crippen molar-refractivity contribution >= 4 is 15.7 Å². The lowest BCUT2D eigenvalue weighted by atomic mass is 10.1. The summed E-state index contributed by atoms with van der Waals surface area (Å²) in [5.74, 6) is 0.775. The van der Waals surface area contributed by atoms with Gasteiger partial charge in [-0.3, -0.25) is 0 Å². The molecule has 1 saturated heterocycles. The summed E-state index contributed by atoms with van der Waals surface area (Å²) >= 11 is 0. The fraction of sp³-hybridized carbons (Fsp3) is 0.368. The standard InChI is InChI=1S/C19H24N3O4S/c1-14-10-15(2)12-17(11-14)26-18-5-4-16(21(3)23)13-19(18)27(24,25)22-8-6-20-7-9-22/h4-5,10-13,20H,6-9H2,1-3H3/q-1. The minimum atomic E-state index is -3.79. The minimum absolute atomic E-state index is 0.00348. The van der Waals surface area contributed by atoms with Crippen molar-refractivity contribution in [3.8, 4) is 11.5 Å². The molecule has 27 heavy (non-hydrogen) atoms. The zero-order valence-electron chi connectivity index (χ0n) is 15.7. The van der Waals surface area contributed by atoms with E-state index < -0.39 is 10.0 Å². The first kappa shape index (κ1) is 19.6. The highest BCUT2D eigenvalue weighted by atomic mass is 32.2. The molecule has 0 spiro atoms. The van der Waals surface area contributed by atoms with Crippen LogP contribution in [0.25, 0.3) is 0 Å². The molecular weight excluding hydrogens is 366 g/mol.